The Kier molecular flexibility index (Phi) is 2.69. The molecular formula is C13H11ClN4. The van der Waals surface area contributed by atoms with E-state index in [-0.39, 0.29) is 0 Å². The molecular weight excluding hydrogens is 248 g/mol. The lowest BCUT2D eigenvalue weighted by Gasteiger charge is -2.29. The molecule has 0 saturated heterocycles. The molecule has 0 N–H and O–H groups in total. The van der Waals surface area contributed by atoms with Crippen LogP contribution in [0.15, 0.2) is 30.6 Å². The van der Waals surface area contributed by atoms with Gasteiger partial charge in [0.1, 0.15) is 11.9 Å². The second-order valence-corrected chi connectivity index (χ2v) is 4.64. The monoisotopic (exact) mass is 258 g/mol. The summed E-state index contributed by atoms with van der Waals surface area (Å²) in [6.07, 6.45) is 3.82. The molecule has 0 bridgehead atoms. The molecule has 0 spiro atoms. The zero-order valence-electron chi connectivity index (χ0n) is 9.67. The fourth-order valence-electron chi connectivity index (χ4n) is 2.19. The Bertz CT molecular complexity index is 626. The largest absolute Gasteiger partial charge is 0.362 e. The summed E-state index contributed by atoms with van der Waals surface area (Å²) in [5.74, 6) is 1.06. The van der Waals surface area contributed by atoms with Crippen LogP contribution in [0.3, 0.4) is 0 Å². The normalized spacial score (nSPS) is 14.1. The first kappa shape index (κ1) is 11.1. The summed E-state index contributed by atoms with van der Waals surface area (Å²) in [5.41, 5.74) is 1.55. The Hall–Kier alpha value is -1.99. The minimum atomic E-state index is 0.504. The van der Waals surface area contributed by atoms with Crippen molar-refractivity contribution >= 4 is 17.3 Å². The van der Waals surface area contributed by atoms with Crippen LogP contribution in [0.25, 0.3) is 0 Å². The lowest BCUT2D eigenvalue weighted by atomic mass is 10.2. The number of halogens is 1. The van der Waals surface area contributed by atoms with Gasteiger partial charge < -0.3 is 9.47 Å². The van der Waals surface area contributed by atoms with Crippen molar-refractivity contribution in [2.75, 3.05) is 11.4 Å². The fraction of sp³-hybridized carbons (Fsp3) is 0.231. The molecule has 0 unspecified atom stereocenters. The van der Waals surface area contributed by atoms with Crippen LogP contribution >= 0.6 is 11.6 Å². The molecule has 0 aliphatic carbocycles. The van der Waals surface area contributed by atoms with Gasteiger partial charge in [-0.1, -0.05) is 11.6 Å². The van der Waals surface area contributed by atoms with Gasteiger partial charge in [0, 0.05) is 31.2 Å². The lowest BCUT2D eigenvalue weighted by molar-refractivity contribution is 0.560. The van der Waals surface area contributed by atoms with Crippen LogP contribution in [0.4, 0.5) is 5.69 Å². The topological polar surface area (TPSA) is 44.9 Å². The van der Waals surface area contributed by atoms with Gasteiger partial charge in [-0.3, -0.25) is 0 Å². The predicted molar refractivity (Wildman–Crippen MR) is 69.4 cm³/mol. The van der Waals surface area contributed by atoms with E-state index < -0.39 is 0 Å². The van der Waals surface area contributed by atoms with E-state index in [9.17, 15) is 0 Å². The summed E-state index contributed by atoms with van der Waals surface area (Å²) < 4.78 is 2.15. The molecule has 90 valence electrons. The van der Waals surface area contributed by atoms with Gasteiger partial charge in [-0.25, -0.2) is 4.98 Å². The Morgan fingerprint density at radius 2 is 2.22 bits per heavy atom. The van der Waals surface area contributed by atoms with Crippen molar-refractivity contribution in [3.8, 4) is 6.07 Å². The van der Waals surface area contributed by atoms with Crippen LogP contribution in [-0.2, 0) is 13.1 Å². The van der Waals surface area contributed by atoms with Crippen molar-refractivity contribution in [2.45, 2.75) is 13.1 Å². The number of aromatic nitrogens is 2. The highest BCUT2D eigenvalue weighted by Crippen LogP contribution is 2.25. The maximum atomic E-state index is 8.86. The van der Waals surface area contributed by atoms with E-state index in [2.05, 4.69) is 20.5 Å². The molecule has 2 aromatic rings. The first-order valence-corrected chi connectivity index (χ1v) is 6.10. The van der Waals surface area contributed by atoms with Gasteiger partial charge in [0.25, 0.3) is 0 Å². The average molecular weight is 259 g/mol. The Morgan fingerprint density at radius 3 is 3.00 bits per heavy atom. The van der Waals surface area contributed by atoms with Crippen molar-refractivity contribution < 1.29 is 0 Å². The number of nitriles is 1. The summed E-state index contributed by atoms with van der Waals surface area (Å²) >= 11 is 6.06. The molecule has 0 amide bonds. The minimum absolute atomic E-state index is 0.504. The number of imidazole rings is 1. The van der Waals surface area contributed by atoms with Crippen LogP contribution in [0.1, 0.15) is 11.4 Å². The summed E-state index contributed by atoms with van der Waals surface area (Å²) in [6.45, 7) is 2.62. The molecule has 1 aromatic heterocycles. The summed E-state index contributed by atoms with van der Waals surface area (Å²) in [4.78, 5) is 6.54. The number of anilines is 1. The molecule has 0 radical (unpaired) electrons. The molecule has 5 heteroatoms. The molecule has 1 aliphatic heterocycles. The van der Waals surface area contributed by atoms with E-state index in [1.54, 1.807) is 6.07 Å². The number of nitrogens with zero attached hydrogens (tertiary/aromatic N) is 4. The molecule has 4 nitrogen and oxygen atoms in total. The van der Waals surface area contributed by atoms with Crippen molar-refractivity contribution in [3.63, 3.8) is 0 Å². The van der Waals surface area contributed by atoms with E-state index in [0.29, 0.717) is 10.6 Å². The molecule has 1 aromatic carbocycles. The molecule has 0 fully saturated rings. The maximum Gasteiger partial charge on any atom is 0.128 e. The lowest BCUT2D eigenvalue weighted by Crippen LogP contribution is -2.33. The Balaban J connectivity index is 1.89. The van der Waals surface area contributed by atoms with Gasteiger partial charge in [-0.15, -0.1) is 0 Å². The highest BCUT2D eigenvalue weighted by Gasteiger charge is 2.17. The van der Waals surface area contributed by atoms with E-state index >= 15 is 0 Å². The number of hydrogen-bond donors (Lipinski definition) is 0. The van der Waals surface area contributed by atoms with Crippen LogP contribution in [0.2, 0.25) is 5.02 Å². The van der Waals surface area contributed by atoms with E-state index in [1.807, 2.05) is 24.5 Å². The Labute approximate surface area is 110 Å². The van der Waals surface area contributed by atoms with Crippen molar-refractivity contribution in [2.24, 2.45) is 0 Å². The van der Waals surface area contributed by atoms with Crippen LogP contribution in [-0.4, -0.2) is 16.1 Å². The van der Waals surface area contributed by atoms with E-state index in [4.69, 9.17) is 16.9 Å². The minimum Gasteiger partial charge on any atom is -0.362 e. The van der Waals surface area contributed by atoms with Gasteiger partial charge in [-0.05, 0) is 18.2 Å². The number of fused-ring (bicyclic) bond motifs is 1. The molecule has 18 heavy (non-hydrogen) atoms. The van der Waals surface area contributed by atoms with Crippen molar-refractivity contribution in [1.82, 2.24) is 9.55 Å². The van der Waals surface area contributed by atoms with Gasteiger partial charge >= 0.3 is 0 Å². The number of rotatable bonds is 1. The highest BCUT2D eigenvalue weighted by atomic mass is 35.5. The van der Waals surface area contributed by atoms with Crippen LogP contribution < -0.4 is 4.90 Å². The summed E-state index contributed by atoms with van der Waals surface area (Å²) in [7, 11) is 0. The third kappa shape index (κ3) is 1.83. The third-order valence-electron chi connectivity index (χ3n) is 3.18. The smallest absolute Gasteiger partial charge is 0.128 e. The van der Waals surface area contributed by atoms with Gasteiger partial charge in [0.05, 0.1) is 17.1 Å². The van der Waals surface area contributed by atoms with Gasteiger partial charge in [0.2, 0.25) is 0 Å². The van der Waals surface area contributed by atoms with Crippen molar-refractivity contribution in [3.05, 3.63) is 47.0 Å². The maximum absolute atomic E-state index is 8.86. The zero-order chi connectivity index (χ0) is 12.5. The van der Waals surface area contributed by atoms with E-state index in [1.165, 1.54) is 0 Å². The van der Waals surface area contributed by atoms with E-state index in [0.717, 1.165) is 31.1 Å². The molecule has 3 rings (SSSR count). The second kappa shape index (κ2) is 4.35. The van der Waals surface area contributed by atoms with Crippen LogP contribution in [0, 0.1) is 11.3 Å². The SMILES string of the molecule is N#Cc1ccc(N2CCn3ccnc3C2)cc1Cl. The summed E-state index contributed by atoms with van der Waals surface area (Å²) in [6, 6.07) is 7.61. The average Bonchev–Trinajstić information content (AvgIpc) is 2.85. The highest BCUT2D eigenvalue weighted by molar-refractivity contribution is 6.32. The first-order chi connectivity index (χ1) is 8.78. The number of benzene rings is 1. The molecule has 2 heterocycles. The first-order valence-electron chi connectivity index (χ1n) is 5.72. The second-order valence-electron chi connectivity index (χ2n) is 4.23. The number of hydrogen-bond acceptors (Lipinski definition) is 3. The predicted octanol–water partition coefficient (Wildman–Crippen LogP) is 2.43. The van der Waals surface area contributed by atoms with Crippen molar-refractivity contribution in [1.29, 1.82) is 5.26 Å². The van der Waals surface area contributed by atoms with Gasteiger partial charge in [-0.2, -0.15) is 5.26 Å². The molecule has 1 aliphatic rings. The Morgan fingerprint density at radius 1 is 1.33 bits per heavy atom. The summed E-state index contributed by atoms with van der Waals surface area (Å²) in [5, 5.41) is 9.36. The fourth-order valence-corrected chi connectivity index (χ4v) is 2.40. The zero-order valence-corrected chi connectivity index (χ0v) is 10.4. The molecule has 0 saturated carbocycles. The quantitative estimate of drug-likeness (QED) is 0.789. The third-order valence-corrected chi connectivity index (χ3v) is 3.50. The van der Waals surface area contributed by atoms with Crippen LogP contribution in [0.5, 0.6) is 0 Å². The molecule has 0 atom stereocenters. The standard InChI is InChI=1S/C13H11ClN4/c14-12-7-11(2-1-10(12)8-15)18-6-5-17-4-3-16-13(17)9-18/h1-4,7H,5-6,9H2. The van der Waals surface area contributed by atoms with Gasteiger partial charge in [0.15, 0.2) is 0 Å².